The summed E-state index contributed by atoms with van der Waals surface area (Å²) in [5.74, 6) is -0.00161. The van der Waals surface area contributed by atoms with E-state index in [2.05, 4.69) is 78.4 Å². The zero-order valence-electron chi connectivity index (χ0n) is 21.3. The number of hydrogen-bond donors (Lipinski definition) is 3. The van der Waals surface area contributed by atoms with Crippen molar-refractivity contribution >= 4 is 16.9 Å². The van der Waals surface area contributed by atoms with Crippen molar-refractivity contribution in [2.24, 2.45) is 5.73 Å². The lowest BCUT2D eigenvalue weighted by Gasteiger charge is -2.23. The van der Waals surface area contributed by atoms with Crippen LogP contribution in [0.5, 0.6) is 0 Å². The summed E-state index contributed by atoms with van der Waals surface area (Å²) < 4.78 is 7.45. The van der Waals surface area contributed by atoms with Crippen molar-refractivity contribution in [2.75, 3.05) is 19.8 Å². The van der Waals surface area contributed by atoms with Crippen molar-refractivity contribution in [3.8, 4) is 5.69 Å². The third kappa shape index (κ3) is 6.46. The standard InChI is InChI=1S/C31H36N2O4/c1-2-24(25-9-5-3-6-10-25)18-26-19-33(27-11-7-4-8-12-27)29-15-13-23(17-28(26)29)14-16-30(36)37-22-31(32,20-34)21-35/h3-13,15,17,19,24,34-35H,2,14,16,18,20-22,32H2,1H3. The highest BCUT2D eigenvalue weighted by molar-refractivity contribution is 5.86. The molecule has 4 N–H and O–H groups in total. The molecule has 0 aliphatic carbocycles. The van der Waals surface area contributed by atoms with Crippen LogP contribution in [-0.2, 0) is 22.4 Å². The lowest BCUT2D eigenvalue weighted by molar-refractivity contribution is -0.146. The quantitative estimate of drug-likeness (QED) is 0.249. The van der Waals surface area contributed by atoms with E-state index in [0.717, 1.165) is 29.6 Å². The number of nitrogens with two attached hydrogens (primary N) is 1. The highest BCUT2D eigenvalue weighted by atomic mass is 16.5. The van der Waals surface area contributed by atoms with Gasteiger partial charge in [-0.15, -0.1) is 0 Å². The van der Waals surface area contributed by atoms with E-state index in [0.29, 0.717) is 12.3 Å². The molecule has 0 aliphatic rings. The molecule has 1 heterocycles. The van der Waals surface area contributed by atoms with Crippen LogP contribution in [0.1, 0.15) is 42.4 Å². The van der Waals surface area contributed by atoms with Gasteiger partial charge in [0.05, 0.1) is 24.3 Å². The Labute approximate surface area is 218 Å². The molecule has 0 bridgehead atoms. The van der Waals surface area contributed by atoms with Gasteiger partial charge < -0.3 is 25.3 Å². The van der Waals surface area contributed by atoms with Crippen molar-refractivity contribution in [3.05, 3.63) is 102 Å². The number of para-hydroxylation sites is 1. The molecule has 0 spiro atoms. The number of aryl methyl sites for hydroxylation is 1. The van der Waals surface area contributed by atoms with E-state index in [4.69, 9.17) is 10.5 Å². The molecular formula is C31H36N2O4. The normalized spacial score (nSPS) is 12.5. The second-order valence-corrected chi connectivity index (χ2v) is 9.77. The van der Waals surface area contributed by atoms with Gasteiger partial charge in [-0.2, -0.15) is 0 Å². The molecule has 0 aliphatic heterocycles. The minimum Gasteiger partial charge on any atom is -0.464 e. The van der Waals surface area contributed by atoms with Crippen LogP contribution in [0, 0.1) is 0 Å². The predicted octanol–water partition coefficient (Wildman–Crippen LogP) is 4.52. The molecule has 1 aromatic heterocycles. The number of nitrogens with zero attached hydrogens (tertiary/aromatic N) is 1. The lowest BCUT2D eigenvalue weighted by atomic mass is 9.89. The van der Waals surface area contributed by atoms with Crippen molar-refractivity contribution in [2.45, 2.75) is 44.1 Å². The van der Waals surface area contributed by atoms with Crippen LogP contribution < -0.4 is 5.73 Å². The number of ether oxygens (including phenoxy) is 1. The number of aliphatic hydroxyl groups is 2. The first-order valence-corrected chi connectivity index (χ1v) is 12.9. The molecule has 0 saturated heterocycles. The summed E-state index contributed by atoms with van der Waals surface area (Å²) >= 11 is 0. The Morgan fingerprint density at radius 2 is 1.68 bits per heavy atom. The summed E-state index contributed by atoms with van der Waals surface area (Å²) in [6, 6.07) is 27.3. The minimum absolute atomic E-state index is 0.189. The van der Waals surface area contributed by atoms with Crippen molar-refractivity contribution < 1.29 is 19.7 Å². The summed E-state index contributed by atoms with van der Waals surface area (Å²) in [5.41, 5.74) is 10.4. The molecule has 0 saturated carbocycles. The average Bonchev–Trinajstić information content (AvgIpc) is 3.32. The largest absolute Gasteiger partial charge is 0.464 e. The maximum Gasteiger partial charge on any atom is 0.306 e. The summed E-state index contributed by atoms with van der Waals surface area (Å²) in [4.78, 5) is 12.3. The molecule has 4 aromatic rings. The smallest absolute Gasteiger partial charge is 0.306 e. The Hall–Kier alpha value is -3.45. The maximum atomic E-state index is 12.3. The number of esters is 1. The number of hydrogen-bond acceptors (Lipinski definition) is 5. The van der Waals surface area contributed by atoms with Crippen LogP contribution in [0.25, 0.3) is 16.6 Å². The number of aliphatic hydroxyl groups excluding tert-OH is 2. The van der Waals surface area contributed by atoms with Crippen LogP contribution in [0.2, 0.25) is 0 Å². The second-order valence-electron chi connectivity index (χ2n) is 9.77. The Morgan fingerprint density at radius 1 is 1.00 bits per heavy atom. The molecule has 6 heteroatoms. The van der Waals surface area contributed by atoms with E-state index in [-0.39, 0.29) is 13.0 Å². The molecule has 0 fully saturated rings. The van der Waals surface area contributed by atoms with E-state index < -0.39 is 24.7 Å². The van der Waals surface area contributed by atoms with Crippen molar-refractivity contribution in [1.29, 1.82) is 0 Å². The van der Waals surface area contributed by atoms with Gasteiger partial charge >= 0.3 is 5.97 Å². The molecule has 0 radical (unpaired) electrons. The molecular weight excluding hydrogens is 464 g/mol. The van der Waals surface area contributed by atoms with Crippen LogP contribution in [0.15, 0.2) is 85.1 Å². The monoisotopic (exact) mass is 500 g/mol. The zero-order valence-corrected chi connectivity index (χ0v) is 21.3. The topological polar surface area (TPSA) is 97.7 Å². The molecule has 6 nitrogen and oxygen atoms in total. The summed E-state index contributed by atoms with van der Waals surface area (Å²) in [6.45, 7) is 1.08. The molecule has 3 aromatic carbocycles. The Kier molecular flexibility index (Phi) is 8.77. The van der Waals surface area contributed by atoms with Gasteiger partial charge in [0.2, 0.25) is 0 Å². The third-order valence-electron chi connectivity index (χ3n) is 6.98. The Bertz CT molecular complexity index is 1300. The average molecular weight is 501 g/mol. The SMILES string of the molecule is CCC(Cc1cn(-c2ccccc2)c2ccc(CCC(=O)OCC(N)(CO)CO)cc12)c1ccccc1. The molecule has 194 valence electrons. The van der Waals surface area contributed by atoms with Gasteiger partial charge in [0.1, 0.15) is 6.61 Å². The molecule has 37 heavy (non-hydrogen) atoms. The Balaban J connectivity index is 1.59. The number of aromatic nitrogens is 1. The van der Waals surface area contributed by atoms with E-state index in [1.807, 2.05) is 18.2 Å². The van der Waals surface area contributed by atoms with Gasteiger partial charge in [0.15, 0.2) is 0 Å². The summed E-state index contributed by atoms with van der Waals surface area (Å²) in [5, 5.41) is 19.8. The van der Waals surface area contributed by atoms with E-state index in [1.165, 1.54) is 16.5 Å². The van der Waals surface area contributed by atoms with Gasteiger partial charge in [-0.25, -0.2) is 0 Å². The highest BCUT2D eigenvalue weighted by Crippen LogP contribution is 2.32. The first-order valence-electron chi connectivity index (χ1n) is 12.9. The third-order valence-corrected chi connectivity index (χ3v) is 6.98. The molecule has 1 atom stereocenters. The van der Waals surface area contributed by atoms with E-state index in [1.54, 1.807) is 0 Å². The van der Waals surface area contributed by atoms with Gasteiger partial charge in [0, 0.05) is 23.7 Å². The molecule has 0 amide bonds. The fourth-order valence-electron chi connectivity index (χ4n) is 4.64. The zero-order chi connectivity index (χ0) is 26.3. The number of benzene rings is 3. The predicted molar refractivity (Wildman–Crippen MR) is 147 cm³/mol. The fourth-order valence-corrected chi connectivity index (χ4v) is 4.64. The van der Waals surface area contributed by atoms with Crippen LogP contribution in [0.4, 0.5) is 0 Å². The van der Waals surface area contributed by atoms with Gasteiger partial charge in [-0.1, -0.05) is 61.5 Å². The minimum atomic E-state index is -1.32. The molecule has 1 unspecified atom stereocenters. The summed E-state index contributed by atoms with van der Waals surface area (Å²) in [7, 11) is 0. The van der Waals surface area contributed by atoms with Gasteiger partial charge in [0.25, 0.3) is 0 Å². The maximum absolute atomic E-state index is 12.3. The van der Waals surface area contributed by atoms with Crippen LogP contribution in [-0.4, -0.2) is 46.1 Å². The van der Waals surface area contributed by atoms with E-state index >= 15 is 0 Å². The number of fused-ring (bicyclic) bond motifs is 1. The van der Waals surface area contributed by atoms with E-state index in [9.17, 15) is 15.0 Å². The van der Waals surface area contributed by atoms with Gasteiger partial charge in [-0.3, -0.25) is 4.79 Å². The summed E-state index contributed by atoms with van der Waals surface area (Å²) in [6.07, 6.45) is 4.92. The first-order chi connectivity index (χ1) is 18.0. The van der Waals surface area contributed by atoms with Gasteiger partial charge in [-0.05, 0) is 66.1 Å². The van der Waals surface area contributed by atoms with Crippen molar-refractivity contribution in [3.63, 3.8) is 0 Å². The molecule has 4 rings (SSSR count). The fraction of sp³-hybridized carbons (Fsp3) is 0.323. The van der Waals surface area contributed by atoms with Crippen molar-refractivity contribution in [1.82, 2.24) is 4.57 Å². The van der Waals surface area contributed by atoms with Crippen LogP contribution in [0.3, 0.4) is 0 Å². The Morgan fingerprint density at radius 3 is 2.32 bits per heavy atom. The van der Waals surface area contributed by atoms with Crippen LogP contribution >= 0.6 is 0 Å². The number of rotatable bonds is 12. The second kappa shape index (κ2) is 12.2. The number of carbonyl (C=O) groups is 1. The first kappa shape index (κ1) is 26.6. The lowest BCUT2D eigenvalue weighted by Crippen LogP contribution is -2.51. The highest BCUT2D eigenvalue weighted by Gasteiger charge is 2.25. The number of carbonyl (C=O) groups excluding carboxylic acids is 1.